The monoisotopic (exact) mass is 439 g/mol. The molecule has 0 saturated carbocycles. The van der Waals surface area contributed by atoms with Gasteiger partial charge in [-0.15, -0.1) is 0 Å². The van der Waals surface area contributed by atoms with Gasteiger partial charge in [0.25, 0.3) is 0 Å². The molecular formula is C14H11F6N7O3. The molecule has 0 bridgehead atoms. The molecule has 0 aromatic carbocycles. The molecule has 4 rings (SSSR count). The molecule has 3 aromatic rings. The number of halogens is 6. The number of carboxylic acid groups (broad SMARTS) is 1. The van der Waals surface area contributed by atoms with Crippen LogP contribution in [0.15, 0.2) is 12.5 Å². The SMILES string of the molecule is FC(F)(F)c1nc(-c2nc3n(c2-c2cnc[nH]2)CCOC3)n[nH]1.O=C(O)C(F)(F)F. The summed E-state index contributed by atoms with van der Waals surface area (Å²) in [7, 11) is 0. The Morgan fingerprint density at radius 3 is 2.43 bits per heavy atom. The Labute approximate surface area is 161 Å². The molecule has 3 aromatic heterocycles. The van der Waals surface area contributed by atoms with Crippen molar-refractivity contribution < 1.29 is 41.0 Å². The lowest BCUT2D eigenvalue weighted by Crippen LogP contribution is -2.21. The summed E-state index contributed by atoms with van der Waals surface area (Å²) in [4.78, 5) is 23.7. The van der Waals surface area contributed by atoms with Crippen LogP contribution < -0.4 is 0 Å². The lowest BCUT2D eigenvalue weighted by Gasteiger charge is -2.16. The maximum absolute atomic E-state index is 12.7. The average Bonchev–Trinajstić information content (AvgIpc) is 3.38. The smallest absolute Gasteiger partial charge is 0.475 e. The third-order valence-electron chi connectivity index (χ3n) is 3.70. The molecule has 1 aliphatic rings. The zero-order chi connectivity index (χ0) is 22.1. The van der Waals surface area contributed by atoms with Crippen molar-refractivity contribution in [2.24, 2.45) is 0 Å². The molecule has 4 heterocycles. The van der Waals surface area contributed by atoms with Crippen molar-refractivity contribution in [3.05, 3.63) is 24.2 Å². The van der Waals surface area contributed by atoms with E-state index in [0.717, 1.165) is 0 Å². The predicted molar refractivity (Wildman–Crippen MR) is 83.5 cm³/mol. The standard InChI is InChI=1S/C12H10F3N7O.C2HF3O2/c13-12(14,15)11-19-10(20-21-11)8-9(6-3-16-5-17-6)22-1-2-23-4-7(22)18-8;3-2(4,5)1(6)7/h3,5H,1-2,4H2,(H,16,17)(H,19,20,21);(H,6,7). The summed E-state index contributed by atoms with van der Waals surface area (Å²) in [6, 6.07) is 0. The number of carboxylic acids is 1. The quantitative estimate of drug-likeness (QED) is 0.522. The Bertz CT molecular complexity index is 1020. The number of nitrogens with one attached hydrogen (secondary N) is 2. The Hall–Kier alpha value is -3.43. The van der Waals surface area contributed by atoms with Crippen LogP contribution in [0.1, 0.15) is 11.6 Å². The summed E-state index contributed by atoms with van der Waals surface area (Å²) in [6.45, 7) is 1.30. The van der Waals surface area contributed by atoms with E-state index in [2.05, 4.69) is 25.0 Å². The molecular weight excluding hydrogens is 428 g/mol. The van der Waals surface area contributed by atoms with Gasteiger partial charge in [0.1, 0.15) is 18.1 Å². The fourth-order valence-electron chi connectivity index (χ4n) is 2.48. The first kappa shape index (κ1) is 21.3. The number of imidazole rings is 2. The minimum absolute atomic E-state index is 0.121. The van der Waals surface area contributed by atoms with E-state index in [1.807, 2.05) is 9.67 Å². The molecule has 0 saturated heterocycles. The summed E-state index contributed by atoms with van der Waals surface area (Å²) in [5.41, 5.74) is 1.47. The van der Waals surface area contributed by atoms with Crippen molar-refractivity contribution in [3.63, 3.8) is 0 Å². The van der Waals surface area contributed by atoms with E-state index in [1.54, 1.807) is 6.20 Å². The first-order valence-electron chi connectivity index (χ1n) is 7.94. The van der Waals surface area contributed by atoms with Gasteiger partial charge in [-0.25, -0.2) is 19.7 Å². The topological polar surface area (TPSA) is 135 Å². The van der Waals surface area contributed by atoms with E-state index < -0.39 is 24.1 Å². The van der Waals surface area contributed by atoms with Crippen LogP contribution in [0.3, 0.4) is 0 Å². The van der Waals surface area contributed by atoms with Crippen LogP contribution in [0.25, 0.3) is 22.9 Å². The van der Waals surface area contributed by atoms with Gasteiger partial charge in [-0.05, 0) is 0 Å². The average molecular weight is 439 g/mol. The summed E-state index contributed by atoms with van der Waals surface area (Å²) >= 11 is 0. The van der Waals surface area contributed by atoms with Gasteiger partial charge in [0, 0.05) is 6.54 Å². The molecule has 10 nitrogen and oxygen atoms in total. The fourth-order valence-corrected chi connectivity index (χ4v) is 2.48. The maximum Gasteiger partial charge on any atom is 0.490 e. The number of fused-ring (bicyclic) bond motifs is 1. The van der Waals surface area contributed by atoms with Crippen LogP contribution in [0.5, 0.6) is 0 Å². The van der Waals surface area contributed by atoms with Crippen LogP contribution in [0, 0.1) is 0 Å². The van der Waals surface area contributed by atoms with Crippen molar-refractivity contribution >= 4 is 5.97 Å². The molecule has 0 spiro atoms. The number of H-pyrrole nitrogens is 2. The van der Waals surface area contributed by atoms with Crippen molar-refractivity contribution in [1.82, 2.24) is 34.7 Å². The molecule has 30 heavy (non-hydrogen) atoms. The Balaban J connectivity index is 0.000000318. The highest BCUT2D eigenvalue weighted by Gasteiger charge is 2.38. The van der Waals surface area contributed by atoms with Crippen LogP contribution in [0.4, 0.5) is 26.3 Å². The third-order valence-corrected chi connectivity index (χ3v) is 3.70. The van der Waals surface area contributed by atoms with E-state index in [4.69, 9.17) is 14.6 Å². The third kappa shape index (κ3) is 4.42. The zero-order valence-corrected chi connectivity index (χ0v) is 14.5. The number of aromatic nitrogens is 7. The Kier molecular flexibility index (Phi) is 5.51. The molecule has 16 heteroatoms. The molecule has 3 N–H and O–H groups in total. The van der Waals surface area contributed by atoms with Gasteiger partial charge in [-0.3, -0.25) is 5.10 Å². The normalized spacial score (nSPS) is 14.1. The fraction of sp³-hybridized carbons (Fsp3) is 0.357. The first-order valence-corrected chi connectivity index (χ1v) is 7.94. The number of alkyl halides is 6. The van der Waals surface area contributed by atoms with E-state index in [9.17, 15) is 26.3 Å². The van der Waals surface area contributed by atoms with Crippen LogP contribution in [0.2, 0.25) is 0 Å². The first-order chi connectivity index (χ1) is 14.0. The van der Waals surface area contributed by atoms with Crippen molar-refractivity contribution in [2.75, 3.05) is 6.61 Å². The number of hydrogen-bond acceptors (Lipinski definition) is 6. The molecule has 0 radical (unpaired) electrons. The molecule has 0 fully saturated rings. The van der Waals surface area contributed by atoms with Crippen molar-refractivity contribution in [1.29, 1.82) is 0 Å². The van der Waals surface area contributed by atoms with Gasteiger partial charge in [0.05, 0.1) is 30.5 Å². The second-order valence-electron chi connectivity index (χ2n) is 5.70. The second-order valence-corrected chi connectivity index (χ2v) is 5.70. The van der Waals surface area contributed by atoms with Gasteiger partial charge in [-0.2, -0.15) is 31.4 Å². The lowest BCUT2D eigenvalue weighted by molar-refractivity contribution is -0.192. The minimum atomic E-state index is -5.08. The van der Waals surface area contributed by atoms with Gasteiger partial charge in [-0.1, -0.05) is 0 Å². The van der Waals surface area contributed by atoms with Gasteiger partial charge in [0.2, 0.25) is 11.6 Å². The largest absolute Gasteiger partial charge is 0.490 e. The van der Waals surface area contributed by atoms with E-state index >= 15 is 0 Å². The molecule has 0 aliphatic carbocycles. The van der Waals surface area contributed by atoms with Crippen molar-refractivity contribution in [2.45, 2.75) is 25.5 Å². The Morgan fingerprint density at radius 1 is 1.20 bits per heavy atom. The molecule has 0 unspecified atom stereocenters. The van der Waals surface area contributed by atoms with Gasteiger partial charge in [0.15, 0.2) is 0 Å². The highest BCUT2D eigenvalue weighted by Crippen LogP contribution is 2.33. The van der Waals surface area contributed by atoms with Crippen LogP contribution >= 0.6 is 0 Å². The van der Waals surface area contributed by atoms with Gasteiger partial charge < -0.3 is 19.4 Å². The van der Waals surface area contributed by atoms with Crippen molar-refractivity contribution in [3.8, 4) is 22.9 Å². The number of carbonyl (C=O) groups is 1. The summed E-state index contributed by atoms with van der Waals surface area (Å²) < 4.78 is 77.1. The van der Waals surface area contributed by atoms with E-state index in [1.165, 1.54) is 6.33 Å². The molecule has 1 aliphatic heterocycles. The number of aromatic amines is 2. The molecule has 0 atom stereocenters. The maximum atomic E-state index is 12.7. The number of nitrogens with zero attached hydrogens (tertiary/aromatic N) is 5. The zero-order valence-electron chi connectivity index (χ0n) is 14.5. The summed E-state index contributed by atoms with van der Waals surface area (Å²) in [5.74, 6) is -3.43. The molecule has 0 amide bonds. The number of aliphatic carboxylic acids is 1. The number of ether oxygens (including phenoxy) is 1. The van der Waals surface area contributed by atoms with E-state index in [-0.39, 0.29) is 18.1 Å². The minimum Gasteiger partial charge on any atom is -0.475 e. The van der Waals surface area contributed by atoms with Gasteiger partial charge >= 0.3 is 18.3 Å². The van der Waals surface area contributed by atoms with Crippen LogP contribution in [-0.4, -0.2) is 58.6 Å². The number of rotatable bonds is 2. The molecule has 162 valence electrons. The number of hydrogen-bond donors (Lipinski definition) is 3. The lowest BCUT2D eigenvalue weighted by atomic mass is 10.2. The summed E-state index contributed by atoms with van der Waals surface area (Å²) in [6.07, 6.45) is -6.63. The highest BCUT2D eigenvalue weighted by molar-refractivity contribution is 5.73. The van der Waals surface area contributed by atoms with Crippen LogP contribution in [-0.2, 0) is 28.9 Å². The summed E-state index contributed by atoms with van der Waals surface area (Å²) in [5, 5.41) is 12.7. The van der Waals surface area contributed by atoms with E-state index in [0.29, 0.717) is 30.4 Å². The Morgan fingerprint density at radius 2 is 1.90 bits per heavy atom. The highest BCUT2D eigenvalue weighted by atomic mass is 19.4. The predicted octanol–water partition coefficient (Wildman–Crippen LogP) is 2.24. The second kappa shape index (κ2) is 7.77.